The molecule has 0 aliphatic rings. The molecule has 0 spiro atoms. The molecule has 108 valence electrons. The average molecular weight is 289 g/mol. The maximum Gasteiger partial charge on any atom is 0.372 e. The molecule has 1 aromatic heterocycles. The Balaban J connectivity index is 2.04. The number of carbonyl (C=O) groups is 3. The van der Waals surface area contributed by atoms with E-state index in [9.17, 15) is 18.8 Å². The van der Waals surface area contributed by atoms with Crippen LogP contribution in [0.25, 0.3) is 0 Å². The van der Waals surface area contributed by atoms with Crippen LogP contribution < -0.4 is 0 Å². The Morgan fingerprint density at radius 1 is 1.10 bits per heavy atom. The van der Waals surface area contributed by atoms with Gasteiger partial charge >= 0.3 is 5.97 Å². The Morgan fingerprint density at radius 3 is 2.38 bits per heavy atom. The van der Waals surface area contributed by atoms with Crippen LogP contribution in [0.5, 0.6) is 0 Å². The van der Waals surface area contributed by atoms with E-state index in [-0.39, 0.29) is 11.5 Å². The second-order valence-corrected chi connectivity index (χ2v) is 4.55. The third-order valence-corrected chi connectivity index (χ3v) is 2.92. The zero-order chi connectivity index (χ0) is 15.4. The molecule has 21 heavy (non-hydrogen) atoms. The minimum Gasteiger partial charge on any atom is -0.475 e. The lowest BCUT2D eigenvalue weighted by molar-refractivity contribution is -0.148. The molecule has 0 saturated heterocycles. The molecule has 0 radical (unpaired) electrons. The van der Waals surface area contributed by atoms with Crippen molar-refractivity contribution in [3.63, 3.8) is 0 Å². The summed E-state index contributed by atoms with van der Waals surface area (Å²) in [6.45, 7) is 0. The van der Waals surface area contributed by atoms with E-state index in [1.165, 1.54) is 12.1 Å². The van der Waals surface area contributed by atoms with Gasteiger partial charge in [0.1, 0.15) is 5.82 Å². The molecule has 1 aromatic carbocycles. The number of hydrogen-bond acceptors (Lipinski definition) is 3. The lowest BCUT2D eigenvalue weighted by Gasteiger charge is -1.98. The van der Waals surface area contributed by atoms with Gasteiger partial charge in [0.2, 0.25) is 5.78 Å². The Morgan fingerprint density at radius 2 is 1.76 bits per heavy atom. The highest BCUT2D eigenvalue weighted by molar-refractivity contribution is 6.37. The van der Waals surface area contributed by atoms with Crippen molar-refractivity contribution >= 4 is 17.5 Å². The van der Waals surface area contributed by atoms with Crippen molar-refractivity contribution in [2.75, 3.05) is 0 Å². The molecule has 1 heterocycles. The van der Waals surface area contributed by atoms with Crippen molar-refractivity contribution in [2.24, 2.45) is 0 Å². The molecule has 5 nitrogen and oxygen atoms in total. The predicted octanol–water partition coefficient (Wildman–Crippen LogP) is 1.97. The first-order chi connectivity index (χ1) is 9.95. The van der Waals surface area contributed by atoms with E-state index in [1.807, 2.05) is 0 Å². The summed E-state index contributed by atoms with van der Waals surface area (Å²) in [6, 6.07) is 7.52. The van der Waals surface area contributed by atoms with Crippen LogP contribution in [0.2, 0.25) is 0 Å². The van der Waals surface area contributed by atoms with Gasteiger partial charge in [0.25, 0.3) is 0 Å². The van der Waals surface area contributed by atoms with Gasteiger partial charge in [-0.05, 0) is 35.7 Å². The van der Waals surface area contributed by atoms with Gasteiger partial charge in [0, 0.05) is 6.20 Å². The first-order valence-electron chi connectivity index (χ1n) is 6.17. The number of H-pyrrole nitrogens is 1. The Hall–Kier alpha value is -2.76. The number of Topliss-reactive ketones (excluding diaryl/α,β-unsaturated/α-hetero) is 2. The number of nitrogens with one attached hydrogen (secondary N) is 1. The third kappa shape index (κ3) is 3.85. The highest BCUT2D eigenvalue weighted by Gasteiger charge is 2.18. The number of carbonyl (C=O) groups excluding carboxylic acids is 2. The highest BCUT2D eigenvalue weighted by Crippen LogP contribution is 2.13. The van der Waals surface area contributed by atoms with Gasteiger partial charge in [0.05, 0.1) is 12.1 Å². The minimum atomic E-state index is -1.62. The Labute approximate surface area is 119 Å². The molecule has 2 rings (SSSR count). The minimum absolute atomic E-state index is 0.182. The highest BCUT2D eigenvalue weighted by atomic mass is 19.1. The second-order valence-electron chi connectivity index (χ2n) is 4.55. The average Bonchev–Trinajstić information content (AvgIpc) is 2.90. The summed E-state index contributed by atoms with van der Waals surface area (Å²) in [5.74, 6) is -3.67. The maximum atomic E-state index is 12.8. The number of benzene rings is 1. The number of aromatic nitrogens is 1. The van der Waals surface area contributed by atoms with E-state index in [1.54, 1.807) is 24.4 Å². The standard InChI is InChI=1S/C15H12FNO4/c16-11-3-1-9(2-4-11)5-10-6-12(17-8-10)13(18)7-14(19)15(20)21/h1-4,6,8,17H,5,7H2,(H,20,21). The fourth-order valence-electron chi connectivity index (χ4n) is 1.86. The van der Waals surface area contributed by atoms with Crippen molar-refractivity contribution in [3.05, 3.63) is 59.2 Å². The number of hydrogen-bond donors (Lipinski definition) is 2. The van der Waals surface area contributed by atoms with Gasteiger partial charge in [-0.2, -0.15) is 0 Å². The van der Waals surface area contributed by atoms with Crippen LogP contribution in [0.1, 0.15) is 28.0 Å². The summed E-state index contributed by atoms with van der Waals surface area (Å²) in [5.41, 5.74) is 1.84. The summed E-state index contributed by atoms with van der Waals surface area (Å²) in [7, 11) is 0. The van der Waals surface area contributed by atoms with Gasteiger partial charge in [-0.3, -0.25) is 9.59 Å². The molecule has 0 saturated carbocycles. The molecule has 0 atom stereocenters. The number of aliphatic carboxylic acids is 1. The smallest absolute Gasteiger partial charge is 0.372 e. The second kappa shape index (κ2) is 6.13. The molecule has 0 bridgehead atoms. The first-order valence-corrected chi connectivity index (χ1v) is 6.17. The molecule has 0 fully saturated rings. The third-order valence-electron chi connectivity index (χ3n) is 2.92. The molecule has 2 aromatic rings. The molecular weight excluding hydrogens is 277 g/mol. The number of carboxylic acid groups (broad SMARTS) is 1. The lowest BCUT2D eigenvalue weighted by atomic mass is 10.1. The van der Waals surface area contributed by atoms with Gasteiger partial charge < -0.3 is 10.1 Å². The van der Waals surface area contributed by atoms with E-state index in [0.717, 1.165) is 11.1 Å². The Kier molecular flexibility index (Phi) is 4.27. The number of rotatable bonds is 6. The van der Waals surface area contributed by atoms with Crippen molar-refractivity contribution in [3.8, 4) is 0 Å². The number of halogens is 1. The van der Waals surface area contributed by atoms with Gasteiger partial charge in [-0.1, -0.05) is 12.1 Å². The quantitative estimate of drug-likeness (QED) is 0.483. The van der Waals surface area contributed by atoms with E-state index >= 15 is 0 Å². The van der Waals surface area contributed by atoms with E-state index in [4.69, 9.17) is 5.11 Å². The zero-order valence-electron chi connectivity index (χ0n) is 10.9. The largest absolute Gasteiger partial charge is 0.475 e. The van der Waals surface area contributed by atoms with Crippen molar-refractivity contribution in [1.29, 1.82) is 0 Å². The van der Waals surface area contributed by atoms with Gasteiger partial charge in [-0.15, -0.1) is 0 Å². The fourth-order valence-corrected chi connectivity index (χ4v) is 1.86. The number of ketones is 2. The van der Waals surface area contributed by atoms with E-state index < -0.39 is 24.0 Å². The van der Waals surface area contributed by atoms with Crippen LogP contribution >= 0.6 is 0 Å². The first kappa shape index (κ1) is 14.6. The summed E-state index contributed by atoms with van der Waals surface area (Å²) < 4.78 is 12.8. The maximum absolute atomic E-state index is 12.8. The van der Waals surface area contributed by atoms with Gasteiger partial charge in [0.15, 0.2) is 5.78 Å². The Bertz CT molecular complexity index is 688. The van der Waals surface area contributed by atoms with Crippen molar-refractivity contribution in [1.82, 2.24) is 4.98 Å². The van der Waals surface area contributed by atoms with Crippen LogP contribution in [0.15, 0.2) is 36.5 Å². The van der Waals surface area contributed by atoms with Crippen molar-refractivity contribution in [2.45, 2.75) is 12.8 Å². The lowest BCUT2D eigenvalue weighted by Crippen LogP contribution is -2.17. The summed E-state index contributed by atoms with van der Waals surface area (Å²) in [6.07, 6.45) is 1.42. The number of carboxylic acids is 1. The molecule has 2 N–H and O–H groups in total. The van der Waals surface area contributed by atoms with E-state index in [0.29, 0.717) is 6.42 Å². The van der Waals surface area contributed by atoms with Crippen LogP contribution in [0, 0.1) is 5.82 Å². The van der Waals surface area contributed by atoms with Crippen LogP contribution in [0.4, 0.5) is 4.39 Å². The van der Waals surface area contributed by atoms with Gasteiger partial charge in [-0.25, -0.2) is 9.18 Å². The van der Waals surface area contributed by atoms with Crippen LogP contribution in [0.3, 0.4) is 0 Å². The molecule has 0 aliphatic carbocycles. The summed E-state index contributed by atoms with van der Waals surface area (Å²) >= 11 is 0. The molecule has 0 unspecified atom stereocenters. The summed E-state index contributed by atoms with van der Waals surface area (Å²) in [4.78, 5) is 35.8. The van der Waals surface area contributed by atoms with Crippen molar-refractivity contribution < 1.29 is 23.9 Å². The molecule has 0 aliphatic heterocycles. The monoisotopic (exact) mass is 289 g/mol. The number of aromatic amines is 1. The normalized spacial score (nSPS) is 10.3. The summed E-state index contributed by atoms with van der Waals surface area (Å²) in [5, 5.41) is 8.46. The SMILES string of the molecule is O=C(O)C(=O)CC(=O)c1cc(Cc2ccc(F)cc2)c[nH]1. The topological polar surface area (TPSA) is 87.2 Å². The molecular formula is C15H12FNO4. The fraction of sp³-hybridized carbons (Fsp3) is 0.133. The predicted molar refractivity (Wildman–Crippen MR) is 71.6 cm³/mol. The molecule has 0 amide bonds. The zero-order valence-corrected chi connectivity index (χ0v) is 10.9. The molecule has 6 heteroatoms. The van der Waals surface area contributed by atoms with Crippen LogP contribution in [-0.2, 0) is 16.0 Å². The van der Waals surface area contributed by atoms with Crippen LogP contribution in [-0.4, -0.2) is 27.6 Å². The van der Waals surface area contributed by atoms with E-state index in [2.05, 4.69) is 4.98 Å².